The number of nitrogens with one attached hydrogen (secondary N) is 1. The van der Waals surface area contributed by atoms with E-state index < -0.39 is 0 Å². The predicted octanol–water partition coefficient (Wildman–Crippen LogP) is 2.12. The summed E-state index contributed by atoms with van der Waals surface area (Å²) in [5.74, 6) is 0.295. The van der Waals surface area contributed by atoms with E-state index in [0.29, 0.717) is 12.4 Å². The molecule has 1 saturated heterocycles. The largest absolute Gasteiger partial charge is 0.506 e. The van der Waals surface area contributed by atoms with E-state index in [0.717, 1.165) is 28.7 Å². The van der Waals surface area contributed by atoms with Crippen LogP contribution in [-0.4, -0.2) is 24.8 Å². The lowest BCUT2D eigenvalue weighted by Crippen LogP contribution is -2.33. The number of hydrogen-bond donors (Lipinski definition) is 2. The second kappa shape index (κ2) is 4.51. The van der Waals surface area contributed by atoms with Gasteiger partial charge in [-0.1, -0.05) is 12.1 Å². The van der Waals surface area contributed by atoms with E-state index in [1.54, 1.807) is 0 Å². The highest BCUT2D eigenvalue weighted by atomic mass is 79.9. The standard InChI is InChI=1S/C11H14BrNO2/c1-7-2-3-8(11(14)10(7)12)9-6-13-4-5-15-9/h2-3,9,13-14H,4-6H2,1H3. The third-order valence-corrected chi connectivity index (χ3v) is 3.62. The Morgan fingerprint density at radius 3 is 3.00 bits per heavy atom. The van der Waals surface area contributed by atoms with E-state index in [1.165, 1.54) is 0 Å². The van der Waals surface area contributed by atoms with Crippen molar-refractivity contribution in [2.24, 2.45) is 0 Å². The number of phenolic OH excluding ortho intramolecular Hbond substituents is 1. The van der Waals surface area contributed by atoms with Crippen molar-refractivity contribution in [1.82, 2.24) is 5.32 Å². The molecule has 1 aliphatic heterocycles. The Morgan fingerprint density at radius 2 is 2.33 bits per heavy atom. The van der Waals surface area contributed by atoms with Gasteiger partial charge in [0.1, 0.15) is 5.75 Å². The van der Waals surface area contributed by atoms with Crippen molar-refractivity contribution in [3.8, 4) is 5.75 Å². The Kier molecular flexibility index (Phi) is 3.29. The maximum atomic E-state index is 9.98. The summed E-state index contributed by atoms with van der Waals surface area (Å²) in [4.78, 5) is 0. The molecule has 1 heterocycles. The molecule has 2 N–H and O–H groups in total. The van der Waals surface area contributed by atoms with Crippen LogP contribution in [0.5, 0.6) is 5.75 Å². The van der Waals surface area contributed by atoms with Crippen LogP contribution in [0.3, 0.4) is 0 Å². The topological polar surface area (TPSA) is 41.5 Å². The third kappa shape index (κ3) is 2.17. The zero-order valence-corrected chi connectivity index (χ0v) is 10.2. The smallest absolute Gasteiger partial charge is 0.135 e. The number of rotatable bonds is 1. The SMILES string of the molecule is Cc1ccc(C2CNCCO2)c(O)c1Br. The molecule has 1 unspecified atom stereocenters. The van der Waals surface area contributed by atoms with Crippen molar-refractivity contribution in [3.63, 3.8) is 0 Å². The average Bonchev–Trinajstić information content (AvgIpc) is 2.27. The Balaban J connectivity index is 2.31. The van der Waals surface area contributed by atoms with E-state index in [2.05, 4.69) is 21.2 Å². The van der Waals surface area contributed by atoms with Gasteiger partial charge in [-0.05, 0) is 28.4 Å². The fourth-order valence-corrected chi connectivity index (χ4v) is 2.07. The Hall–Kier alpha value is -0.580. The van der Waals surface area contributed by atoms with Gasteiger partial charge in [-0.15, -0.1) is 0 Å². The fourth-order valence-electron chi connectivity index (χ4n) is 1.71. The van der Waals surface area contributed by atoms with Crippen molar-refractivity contribution >= 4 is 15.9 Å². The van der Waals surface area contributed by atoms with Gasteiger partial charge in [-0.3, -0.25) is 0 Å². The van der Waals surface area contributed by atoms with Crippen LogP contribution in [0.15, 0.2) is 16.6 Å². The molecule has 0 aromatic heterocycles. The molecule has 3 nitrogen and oxygen atoms in total. The van der Waals surface area contributed by atoms with Crippen molar-refractivity contribution in [3.05, 3.63) is 27.7 Å². The summed E-state index contributed by atoms with van der Waals surface area (Å²) >= 11 is 3.37. The molecular formula is C11H14BrNO2. The molecule has 2 rings (SSSR count). The summed E-state index contributed by atoms with van der Waals surface area (Å²) in [5.41, 5.74) is 1.87. The molecule has 1 fully saturated rings. The normalized spacial score (nSPS) is 21.6. The Morgan fingerprint density at radius 1 is 1.53 bits per heavy atom. The zero-order valence-electron chi connectivity index (χ0n) is 8.59. The molecule has 1 aromatic carbocycles. The highest BCUT2D eigenvalue weighted by molar-refractivity contribution is 9.10. The van der Waals surface area contributed by atoms with Crippen LogP contribution in [0.4, 0.5) is 0 Å². The maximum Gasteiger partial charge on any atom is 0.135 e. The molecule has 1 aliphatic rings. The first kappa shape index (κ1) is 10.9. The van der Waals surface area contributed by atoms with Crippen molar-refractivity contribution in [1.29, 1.82) is 0 Å². The molecule has 82 valence electrons. The minimum absolute atomic E-state index is 0.0457. The summed E-state index contributed by atoms with van der Waals surface area (Å²) < 4.78 is 6.35. The van der Waals surface area contributed by atoms with Crippen LogP contribution in [0.2, 0.25) is 0 Å². The number of phenols is 1. The third-order valence-electron chi connectivity index (χ3n) is 2.61. The van der Waals surface area contributed by atoms with Gasteiger partial charge < -0.3 is 15.2 Å². The molecule has 4 heteroatoms. The van der Waals surface area contributed by atoms with Gasteiger partial charge in [-0.2, -0.15) is 0 Å². The minimum Gasteiger partial charge on any atom is -0.506 e. The molecule has 0 amide bonds. The summed E-state index contributed by atoms with van der Waals surface area (Å²) in [7, 11) is 0. The van der Waals surface area contributed by atoms with Crippen molar-refractivity contribution in [2.75, 3.05) is 19.7 Å². The number of aryl methyl sites for hydroxylation is 1. The first-order valence-electron chi connectivity index (χ1n) is 5.00. The van der Waals surface area contributed by atoms with Crippen LogP contribution < -0.4 is 5.32 Å². The van der Waals surface area contributed by atoms with Crippen molar-refractivity contribution in [2.45, 2.75) is 13.0 Å². The summed E-state index contributed by atoms with van der Waals surface area (Å²) in [5, 5.41) is 13.2. The van der Waals surface area contributed by atoms with Gasteiger partial charge in [0.2, 0.25) is 0 Å². The van der Waals surface area contributed by atoms with Gasteiger partial charge in [0.25, 0.3) is 0 Å². The lowest BCUT2D eigenvalue weighted by molar-refractivity contribution is 0.0262. The first-order chi connectivity index (χ1) is 7.20. The van der Waals surface area contributed by atoms with Gasteiger partial charge in [0.15, 0.2) is 0 Å². The Labute approximate surface area is 97.6 Å². The molecule has 0 radical (unpaired) electrons. The number of benzene rings is 1. The lowest BCUT2D eigenvalue weighted by Gasteiger charge is -2.25. The van der Waals surface area contributed by atoms with Crippen molar-refractivity contribution < 1.29 is 9.84 Å². The average molecular weight is 272 g/mol. The molecule has 0 saturated carbocycles. The van der Waals surface area contributed by atoms with Gasteiger partial charge in [0, 0.05) is 18.7 Å². The number of morpholine rings is 1. The van der Waals surface area contributed by atoms with Crippen LogP contribution in [0, 0.1) is 6.92 Å². The monoisotopic (exact) mass is 271 g/mol. The molecular weight excluding hydrogens is 258 g/mol. The zero-order chi connectivity index (χ0) is 10.8. The maximum absolute atomic E-state index is 9.98. The summed E-state index contributed by atoms with van der Waals surface area (Å²) in [6.45, 7) is 4.27. The first-order valence-corrected chi connectivity index (χ1v) is 5.79. The number of hydrogen-bond acceptors (Lipinski definition) is 3. The summed E-state index contributed by atoms with van der Waals surface area (Å²) in [6.07, 6.45) is -0.0457. The van der Waals surface area contributed by atoms with Crippen LogP contribution in [0.1, 0.15) is 17.2 Å². The molecule has 0 aliphatic carbocycles. The van der Waals surface area contributed by atoms with Crippen LogP contribution >= 0.6 is 15.9 Å². The van der Waals surface area contributed by atoms with Gasteiger partial charge in [0.05, 0.1) is 17.2 Å². The predicted molar refractivity (Wildman–Crippen MR) is 62.1 cm³/mol. The molecule has 1 aromatic rings. The quantitative estimate of drug-likeness (QED) is 0.822. The Bertz CT molecular complexity index is 362. The number of aromatic hydroxyl groups is 1. The molecule has 0 bridgehead atoms. The molecule has 1 atom stereocenters. The second-order valence-corrected chi connectivity index (χ2v) is 4.49. The molecule has 0 spiro atoms. The van der Waals surface area contributed by atoms with Crippen LogP contribution in [-0.2, 0) is 4.74 Å². The fraction of sp³-hybridized carbons (Fsp3) is 0.455. The lowest BCUT2D eigenvalue weighted by atomic mass is 10.1. The van der Waals surface area contributed by atoms with E-state index in [4.69, 9.17) is 4.74 Å². The van der Waals surface area contributed by atoms with E-state index in [-0.39, 0.29) is 6.10 Å². The van der Waals surface area contributed by atoms with E-state index in [9.17, 15) is 5.11 Å². The van der Waals surface area contributed by atoms with E-state index in [1.807, 2.05) is 19.1 Å². The minimum atomic E-state index is -0.0457. The van der Waals surface area contributed by atoms with E-state index >= 15 is 0 Å². The number of ether oxygens (including phenoxy) is 1. The molecule has 15 heavy (non-hydrogen) atoms. The van der Waals surface area contributed by atoms with Gasteiger partial charge >= 0.3 is 0 Å². The highest BCUT2D eigenvalue weighted by Crippen LogP contribution is 2.35. The second-order valence-electron chi connectivity index (χ2n) is 3.70. The number of halogens is 1. The van der Waals surface area contributed by atoms with Crippen LogP contribution in [0.25, 0.3) is 0 Å². The summed E-state index contributed by atoms with van der Waals surface area (Å²) in [6, 6.07) is 3.91. The van der Waals surface area contributed by atoms with Gasteiger partial charge in [-0.25, -0.2) is 0 Å². The highest BCUT2D eigenvalue weighted by Gasteiger charge is 2.20.